The Balaban J connectivity index is 1.53. The fourth-order valence-electron chi connectivity index (χ4n) is 4.20. The summed E-state index contributed by atoms with van der Waals surface area (Å²) in [6.07, 6.45) is 0.383. The number of ether oxygens (including phenoxy) is 1. The summed E-state index contributed by atoms with van der Waals surface area (Å²) in [5.74, 6) is -1.38. The van der Waals surface area contributed by atoms with Crippen LogP contribution in [0.2, 0.25) is 0 Å². The van der Waals surface area contributed by atoms with E-state index >= 15 is 0 Å². The summed E-state index contributed by atoms with van der Waals surface area (Å²) in [7, 11) is 0. The molecule has 0 bridgehead atoms. The second kappa shape index (κ2) is 9.96. The lowest BCUT2D eigenvalue weighted by Crippen LogP contribution is -2.45. The van der Waals surface area contributed by atoms with E-state index in [2.05, 4.69) is 15.6 Å². The molecular formula is C27H28N4O6. The van der Waals surface area contributed by atoms with E-state index in [9.17, 15) is 24.0 Å². The van der Waals surface area contributed by atoms with E-state index in [1.807, 2.05) is 0 Å². The number of benzene rings is 2. The molecule has 0 aliphatic carbocycles. The highest BCUT2D eigenvalue weighted by Gasteiger charge is 2.30. The van der Waals surface area contributed by atoms with Gasteiger partial charge in [-0.2, -0.15) is 0 Å². The Morgan fingerprint density at radius 3 is 2.46 bits per heavy atom. The van der Waals surface area contributed by atoms with Crippen LogP contribution in [0.25, 0.3) is 10.9 Å². The lowest BCUT2D eigenvalue weighted by atomic mass is 10.1. The van der Waals surface area contributed by atoms with Crippen LogP contribution >= 0.6 is 0 Å². The summed E-state index contributed by atoms with van der Waals surface area (Å²) in [5.41, 5.74) is 0.719. The van der Waals surface area contributed by atoms with Crippen LogP contribution in [0.4, 0.5) is 5.69 Å². The number of imide groups is 1. The fourth-order valence-corrected chi connectivity index (χ4v) is 4.20. The van der Waals surface area contributed by atoms with E-state index in [0.717, 1.165) is 0 Å². The minimum Gasteiger partial charge on any atom is -0.456 e. The number of rotatable bonds is 5. The standard InChI is InChI=1S/C27H28N4O6/c1-15-28-23-18(25(35)31(15)20-12-13-21(32)30-24(20)34)6-5-7-19(23)29-22(33)14-16-8-10-17(11-9-16)26(36)37-27(2,3)4/h5-11,20H,12-14H2,1-4H3,(H,29,33)(H,30,32,34). The third-order valence-corrected chi connectivity index (χ3v) is 5.86. The van der Waals surface area contributed by atoms with Crippen molar-refractivity contribution in [2.24, 2.45) is 0 Å². The topological polar surface area (TPSA) is 136 Å². The Labute approximate surface area is 213 Å². The molecule has 0 radical (unpaired) electrons. The van der Waals surface area contributed by atoms with Gasteiger partial charge in [0.2, 0.25) is 17.7 Å². The number of aryl methyl sites for hydroxylation is 1. The van der Waals surface area contributed by atoms with Crippen molar-refractivity contribution in [3.05, 3.63) is 69.8 Å². The van der Waals surface area contributed by atoms with Crippen LogP contribution in [0, 0.1) is 6.92 Å². The summed E-state index contributed by atoms with van der Waals surface area (Å²) >= 11 is 0. The number of hydrogen-bond acceptors (Lipinski definition) is 7. The molecule has 192 valence electrons. The van der Waals surface area contributed by atoms with Gasteiger partial charge in [-0.3, -0.25) is 29.1 Å². The summed E-state index contributed by atoms with van der Waals surface area (Å²) in [4.78, 5) is 66.7. The van der Waals surface area contributed by atoms with Gasteiger partial charge in [0.05, 0.1) is 23.1 Å². The number of aromatic nitrogens is 2. The molecule has 10 nitrogen and oxygen atoms in total. The molecule has 1 aromatic heterocycles. The number of nitrogens with zero attached hydrogens (tertiary/aromatic N) is 2. The van der Waals surface area contributed by atoms with E-state index in [0.29, 0.717) is 28.2 Å². The lowest BCUT2D eigenvalue weighted by molar-refractivity contribution is -0.135. The normalized spacial score (nSPS) is 15.8. The van der Waals surface area contributed by atoms with Crippen LogP contribution in [0.5, 0.6) is 0 Å². The molecule has 10 heteroatoms. The average molecular weight is 505 g/mol. The van der Waals surface area contributed by atoms with E-state index in [-0.39, 0.29) is 36.5 Å². The number of hydrogen-bond donors (Lipinski definition) is 2. The van der Waals surface area contributed by atoms with Gasteiger partial charge in [0, 0.05) is 6.42 Å². The first-order valence-electron chi connectivity index (χ1n) is 11.9. The maximum absolute atomic E-state index is 13.3. The second-order valence-corrected chi connectivity index (χ2v) is 9.93. The van der Waals surface area contributed by atoms with Gasteiger partial charge in [0.25, 0.3) is 5.56 Å². The highest BCUT2D eigenvalue weighted by atomic mass is 16.6. The SMILES string of the molecule is Cc1nc2c(NC(=O)Cc3ccc(C(=O)OC(C)(C)C)cc3)cccc2c(=O)n1C1CCC(=O)NC1=O. The van der Waals surface area contributed by atoms with Crippen molar-refractivity contribution in [2.45, 2.75) is 58.6 Å². The number of esters is 1. The zero-order chi connectivity index (χ0) is 26.9. The predicted octanol–water partition coefficient (Wildman–Crippen LogP) is 2.82. The summed E-state index contributed by atoms with van der Waals surface area (Å²) < 4.78 is 6.65. The molecular weight excluding hydrogens is 476 g/mol. The van der Waals surface area contributed by atoms with Crippen LogP contribution in [-0.4, -0.2) is 38.8 Å². The molecule has 1 aliphatic heterocycles. The third kappa shape index (κ3) is 5.74. The number of para-hydroxylation sites is 1. The number of anilines is 1. The quantitative estimate of drug-likeness (QED) is 0.403. The molecule has 2 heterocycles. The number of nitrogens with one attached hydrogen (secondary N) is 2. The number of fused-ring (bicyclic) bond motifs is 1. The van der Waals surface area contributed by atoms with Crippen LogP contribution in [-0.2, 0) is 25.5 Å². The van der Waals surface area contributed by atoms with Crippen molar-refractivity contribution in [1.29, 1.82) is 0 Å². The van der Waals surface area contributed by atoms with Crippen LogP contribution < -0.4 is 16.2 Å². The molecule has 1 aliphatic rings. The highest BCUT2D eigenvalue weighted by Crippen LogP contribution is 2.24. The lowest BCUT2D eigenvalue weighted by Gasteiger charge is -2.24. The largest absolute Gasteiger partial charge is 0.456 e. The first-order chi connectivity index (χ1) is 17.4. The number of carbonyl (C=O) groups excluding carboxylic acids is 4. The average Bonchev–Trinajstić information content (AvgIpc) is 2.80. The minimum atomic E-state index is -0.830. The molecule has 1 unspecified atom stereocenters. The summed E-state index contributed by atoms with van der Waals surface area (Å²) in [5, 5.41) is 5.31. The van der Waals surface area contributed by atoms with E-state index in [4.69, 9.17) is 4.74 Å². The Hall–Kier alpha value is -4.34. The van der Waals surface area contributed by atoms with Crippen molar-refractivity contribution >= 4 is 40.3 Å². The molecule has 0 spiro atoms. The smallest absolute Gasteiger partial charge is 0.338 e. The van der Waals surface area contributed by atoms with Crippen molar-refractivity contribution in [1.82, 2.24) is 14.9 Å². The first kappa shape index (κ1) is 25.7. The zero-order valence-corrected chi connectivity index (χ0v) is 21.1. The van der Waals surface area contributed by atoms with Gasteiger partial charge in [-0.15, -0.1) is 0 Å². The summed E-state index contributed by atoms with van der Waals surface area (Å²) in [6, 6.07) is 10.6. The highest BCUT2D eigenvalue weighted by molar-refractivity contribution is 6.01. The van der Waals surface area contributed by atoms with Gasteiger partial charge in [0.1, 0.15) is 23.0 Å². The van der Waals surface area contributed by atoms with E-state index < -0.39 is 29.1 Å². The van der Waals surface area contributed by atoms with Gasteiger partial charge in [-0.25, -0.2) is 9.78 Å². The van der Waals surface area contributed by atoms with Gasteiger partial charge in [-0.05, 0) is 63.9 Å². The monoisotopic (exact) mass is 504 g/mol. The van der Waals surface area contributed by atoms with Gasteiger partial charge >= 0.3 is 5.97 Å². The maximum Gasteiger partial charge on any atom is 0.338 e. The van der Waals surface area contributed by atoms with Crippen LogP contribution in [0.3, 0.4) is 0 Å². The Morgan fingerprint density at radius 1 is 1.11 bits per heavy atom. The Kier molecular flexibility index (Phi) is 6.93. The maximum atomic E-state index is 13.3. The zero-order valence-electron chi connectivity index (χ0n) is 21.1. The molecule has 4 rings (SSSR count). The minimum absolute atomic E-state index is 0.0390. The molecule has 37 heavy (non-hydrogen) atoms. The second-order valence-electron chi connectivity index (χ2n) is 9.93. The van der Waals surface area contributed by atoms with Crippen molar-refractivity contribution in [2.75, 3.05) is 5.32 Å². The Morgan fingerprint density at radius 2 is 1.81 bits per heavy atom. The fraction of sp³-hybridized carbons (Fsp3) is 0.333. The molecule has 3 amide bonds. The van der Waals surface area contributed by atoms with Crippen LogP contribution in [0.15, 0.2) is 47.3 Å². The molecule has 2 N–H and O–H groups in total. The number of amides is 3. The molecule has 3 aromatic rings. The van der Waals surface area contributed by atoms with Gasteiger partial charge in [-0.1, -0.05) is 18.2 Å². The first-order valence-corrected chi connectivity index (χ1v) is 11.9. The summed E-state index contributed by atoms with van der Waals surface area (Å²) in [6.45, 7) is 6.97. The number of carbonyl (C=O) groups is 4. The molecule has 1 saturated heterocycles. The Bertz CT molecular complexity index is 1470. The van der Waals surface area contributed by atoms with Gasteiger partial charge < -0.3 is 10.1 Å². The molecule has 1 atom stereocenters. The van der Waals surface area contributed by atoms with Crippen LogP contribution in [0.1, 0.15) is 61.4 Å². The van der Waals surface area contributed by atoms with Crippen molar-refractivity contribution < 1.29 is 23.9 Å². The third-order valence-electron chi connectivity index (χ3n) is 5.86. The van der Waals surface area contributed by atoms with Gasteiger partial charge in [0.15, 0.2) is 0 Å². The van der Waals surface area contributed by atoms with E-state index in [1.54, 1.807) is 70.2 Å². The molecule has 0 saturated carbocycles. The molecule has 1 fully saturated rings. The molecule has 2 aromatic carbocycles. The number of piperidine rings is 1. The van der Waals surface area contributed by atoms with Crippen molar-refractivity contribution in [3.63, 3.8) is 0 Å². The van der Waals surface area contributed by atoms with Crippen molar-refractivity contribution in [3.8, 4) is 0 Å². The predicted molar refractivity (Wildman–Crippen MR) is 136 cm³/mol. The van der Waals surface area contributed by atoms with E-state index in [1.165, 1.54) is 4.57 Å².